The Balaban J connectivity index is 2.10. The Hall–Kier alpha value is -2.21. The number of hydrogen-bond donors (Lipinski definition) is 2. The molecule has 1 atom stereocenters. The number of carbonyl (C=O) groups is 1. The fourth-order valence-electron chi connectivity index (χ4n) is 2.14. The van der Waals surface area contributed by atoms with Crippen LogP contribution in [0.25, 0.3) is 5.69 Å². The van der Waals surface area contributed by atoms with Crippen LogP contribution < -0.4 is 5.32 Å². The zero-order valence-corrected chi connectivity index (χ0v) is 12.7. The second-order valence-corrected chi connectivity index (χ2v) is 5.46. The van der Waals surface area contributed by atoms with Crippen molar-refractivity contribution in [2.24, 2.45) is 5.92 Å². The smallest absolute Gasteiger partial charge is 0.272 e. The highest BCUT2D eigenvalue weighted by Gasteiger charge is 2.18. The zero-order valence-electron chi connectivity index (χ0n) is 12.7. The predicted octanol–water partition coefficient (Wildman–Crippen LogP) is 2.15. The molecule has 0 saturated carbocycles. The van der Waals surface area contributed by atoms with Crippen molar-refractivity contribution in [2.75, 3.05) is 6.61 Å². The molecule has 22 heavy (non-hydrogen) atoms. The second kappa shape index (κ2) is 7.17. The minimum absolute atomic E-state index is 0.0210. The van der Waals surface area contributed by atoms with Crippen molar-refractivity contribution in [1.29, 1.82) is 0 Å². The van der Waals surface area contributed by atoms with Crippen LogP contribution in [0.15, 0.2) is 36.5 Å². The van der Waals surface area contributed by atoms with E-state index in [9.17, 15) is 9.18 Å². The normalized spacial score (nSPS) is 12.4. The van der Waals surface area contributed by atoms with Crippen LogP contribution in [0.1, 0.15) is 30.8 Å². The van der Waals surface area contributed by atoms with Gasteiger partial charge in [-0.1, -0.05) is 13.8 Å². The lowest BCUT2D eigenvalue weighted by molar-refractivity contribution is 0.0911. The van der Waals surface area contributed by atoms with Gasteiger partial charge in [-0.2, -0.15) is 5.10 Å². The van der Waals surface area contributed by atoms with Gasteiger partial charge in [0, 0.05) is 18.8 Å². The highest BCUT2D eigenvalue weighted by Crippen LogP contribution is 2.10. The summed E-state index contributed by atoms with van der Waals surface area (Å²) in [6.45, 7) is 3.99. The number of nitrogens with one attached hydrogen (secondary N) is 1. The molecule has 1 heterocycles. The summed E-state index contributed by atoms with van der Waals surface area (Å²) in [6, 6.07) is 7.36. The van der Waals surface area contributed by atoms with E-state index in [2.05, 4.69) is 10.4 Å². The molecule has 0 saturated heterocycles. The molecule has 2 rings (SSSR count). The molecule has 118 valence electrons. The van der Waals surface area contributed by atoms with Crippen molar-refractivity contribution in [1.82, 2.24) is 15.1 Å². The molecule has 0 radical (unpaired) electrons. The summed E-state index contributed by atoms with van der Waals surface area (Å²) in [6.07, 6.45) is 2.15. The molecule has 0 aliphatic rings. The first-order chi connectivity index (χ1) is 10.5. The van der Waals surface area contributed by atoms with E-state index >= 15 is 0 Å². The van der Waals surface area contributed by atoms with Gasteiger partial charge in [0.05, 0.1) is 5.69 Å². The minimum Gasteiger partial charge on any atom is -0.396 e. The van der Waals surface area contributed by atoms with Gasteiger partial charge in [-0.05, 0) is 42.7 Å². The first kappa shape index (κ1) is 16.2. The molecular weight excluding hydrogens is 285 g/mol. The molecule has 5 nitrogen and oxygen atoms in total. The maximum Gasteiger partial charge on any atom is 0.272 e. The zero-order chi connectivity index (χ0) is 16.1. The summed E-state index contributed by atoms with van der Waals surface area (Å²) < 4.78 is 14.4. The van der Waals surface area contributed by atoms with Gasteiger partial charge in [-0.15, -0.1) is 0 Å². The summed E-state index contributed by atoms with van der Waals surface area (Å²) in [5.41, 5.74) is 0.962. The molecule has 1 aromatic carbocycles. The van der Waals surface area contributed by atoms with E-state index < -0.39 is 0 Å². The molecule has 0 aliphatic heterocycles. The monoisotopic (exact) mass is 305 g/mol. The number of carbonyl (C=O) groups excluding carboxylic acids is 1. The van der Waals surface area contributed by atoms with Crippen molar-refractivity contribution in [2.45, 2.75) is 26.3 Å². The van der Waals surface area contributed by atoms with Crippen LogP contribution in [0.5, 0.6) is 0 Å². The number of aromatic nitrogens is 2. The van der Waals surface area contributed by atoms with E-state index in [1.165, 1.54) is 16.8 Å². The summed E-state index contributed by atoms with van der Waals surface area (Å²) >= 11 is 0. The molecule has 1 unspecified atom stereocenters. The fraction of sp³-hybridized carbons (Fsp3) is 0.375. The van der Waals surface area contributed by atoms with Crippen molar-refractivity contribution >= 4 is 5.91 Å². The van der Waals surface area contributed by atoms with Crippen LogP contribution in [-0.2, 0) is 0 Å². The molecule has 1 aromatic heterocycles. The molecule has 2 aromatic rings. The maximum absolute atomic E-state index is 12.9. The van der Waals surface area contributed by atoms with E-state index in [1.807, 2.05) is 13.8 Å². The quantitative estimate of drug-likeness (QED) is 0.859. The Morgan fingerprint density at radius 1 is 1.32 bits per heavy atom. The van der Waals surface area contributed by atoms with Crippen LogP contribution in [0.2, 0.25) is 0 Å². The number of aliphatic hydroxyl groups is 1. The van der Waals surface area contributed by atoms with Crippen LogP contribution in [0.3, 0.4) is 0 Å². The third kappa shape index (κ3) is 3.92. The Morgan fingerprint density at radius 2 is 2.00 bits per heavy atom. The van der Waals surface area contributed by atoms with E-state index in [-0.39, 0.29) is 36.0 Å². The summed E-state index contributed by atoms with van der Waals surface area (Å²) in [5, 5.41) is 16.1. The van der Waals surface area contributed by atoms with Crippen molar-refractivity contribution in [3.63, 3.8) is 0 Å². The maximum atomic E-state index is 12.9. The number of halogens is 1. The van der Waals surface area contributed by atoms with Gasteiger partial charge in [-0.3, -0.25) is 4.79 Å². The van der Waals surface area contributed by atoms with Crippen LogP contribution >= 0.6 is 0 Å². The third-order valence-corrected chi connectivity index (χ3v) is 3.47. The second-order valence-electron chi connectivity index (χ2n) is 5.46. The summed E-state index contributed by atoms with van der Waals surface area (Å²) in [7, 11) is 0. The molecule has 0 aliphatic carbocycles. The first-order valence-corrected chi connectivity index (χ1v) is 7.24. The largest absolute Gasteiger partial charge is 0.396 e. The number of rotatable bonds is 6. The lowest BCUT2D eigenvalue weighted by Gasteiger charge is -2.20. The van der Waals surface area contributed by atoms with Gasteiger partial charge in [0.25, 0.3) is 5.91 Å². The average Bonchev–Trinajstić information content (AvgIpc) is 2.97. The van der Waals surface area contributed by atoms with Crippen molar-refractivity contribution < 1.29 is 14.3 Å². The highest BCUT2D eigenvalue weighted by atomic mass is 19.1. The van der Waals surface area contributed by atoms with Gasteiger partial charge in [-0.25, -0.2) is 9.07 Å². The van der Waals surface area contributed by atoms with E-state index in [1.54, 1.807) is 24.4 Å². The number of benzene rings is 1. The molecule has 6 heteroatoms. The molecule has 1 amide bonds. The van der Waals surface area contributed by atoms with Crippen molar-refractivity contribution in [3.05, 3.63) is 48.0 Å². The molecule has 0 spiro atoms. The minimum atomic E-state index is -0.322. The Morgan fingerprint density at radius 3 is 2.59 bits per heavy atom. The van der Waals surface area contributed by atoms with Crippen LogP contribution in [-0.4, -0.2) is 33.4 Å². The van der Waals surface area contributed by atoms with Crippen molar-refractivity contribution in [3.8, 4) is 5.69 Å². The van der Waals surface area contributed by atoms with Crippen LogP contribution in [0, 0.1) is 11.7 Å². The Labute approximate surface area is 128 Å². The highest BCUT2D eigenvalue weighted by molar-refractivity contribution is 5.92. The Kier molecular flexibility index (Phi) is 5.27. The van der Waals surface area contributed by atoms with E-state index in [4.69, 9.17) is 5.11 Å². The number of aliphatic hydroxyl groups excluding tert-OH is 1. The summed E-state index contributed by atoms with van der Waals surface area (Å²) in [4.78, 5) is 12.2. The van der Waals surface area contributed by atoms with Gasteiger partial charge in [0.2, 0.25) is 0 Å². The predicted molar refractivity (Wildman–Crippen MR) is 81.3 cm³/mol. The number of amides is 1. The fourth-order valence-corrected chi connectivity index (χ4v) is 2.14. The Bertz CT molecular complexity index is 623. The molecule has 0 bridgehead atoms. The average molecular weight is 305 g/mol. The van der Waals surface area contributed by atoms with Gasteiger partial charge < -0.3 is 10.4 Å². The standard InChI is InChI=1S/C16H20FN3O2/c1-11(2)14(8-10-21)18-16(22)15-7-9-20(19-15)13-5-3-12(17)4-6-13/h3-7,9,11,14,21H,8,10H2,1-2H3,(H,18,22). The summed E-state index contributed by atoms with van der Waals surface area (Å²) in [5.74, 6) is -0.388. The van der Waals surface area contributed by atoms with Crippen LogP contribution in [0.4, 0.5) is 4.39 Å². The van der Waals surface area contributed by atoms with Gasteiger partial charge in [0.15, 0.2) is 5.69 Å². The lowest BCUT2D eigenvalue weighted by Crippen LogP contribution is -2.39. The van der Waals surface area contributed by atoms with Gasteiger partial charge in [0.1, 0.15) is 5.82 Å². The molecule has 0 fully saturated rings. The molecular formula is C16H20FN3O2. The number of nitrogens with zero attached hydrogens (tertiary/aromatic N) is 2. The first-order valence-electron chi connectivity index (χ1n) is 7.24. The number of hydrogen-bond acceptors (Lipinski definition) is 3. The van der Waals surface area contributed by atoms with E-state index in [0.717, 1.165) is 0 Å². The van der Waals surface area contributed by atoms with Gasteiger partial charge >= 0.3 is 0 Å². The lowest BCUT2D eigenvalue weighted by atomic mass is 10.0. The third-order valence-electron chi connectivity index (χ3n) is 3.47. The SMILES string of the molecule is CC(C)C(CCO)NC(=O)c1ccn(-c2ccc(F)cc2)n1. The topological polar surface area (TPSA) is 67.2 Å². The van der Waals surface area contributed by atoms with E-state index in [0.29, 0.717) is 12.1 Å². The molecule has 2 N–H and O–H groups in total.